The van der Waals surface area contributed by atoms with E-state index in [1.807, 2.05) is 19.2 Å². The molecule has 2 N–H and O–H groups in total. The normalized spacial score (nSPS) is 14.7. The SMILES string of the molecule is CSc1ccc(S(=O)(=O)N[C@H](C)c2ccc3c(c2)CCC3)cc1NC(=O)C(C)C. The fraction of sp³-hybridized carbons (Fsp3) is 0.409. The quantitative estimate of drug-likeness (QED) is 0.630. The molecule has 0 radical (unpaired) electrons. The summed E-state index contributed by atoms with van der Waals surface area (Å²) in [5.41, 5.74) is 4.16. The number of nitrogens with one attached hydrogen (secondary N) is 2. The van der Waals surface area contributed by atoms with E-state index in [4.69, 9.17) is 0 Å². The van der Waals surface area contributed by atoms with Crippen molar-refractivity contribution in [2.75, 3.05) is 11.6 Å². The Kier molecular flexibility index (Phi) is 6.71. The predicted molar refractivity (Wildman–Crippen MR) is 119 cm³/mol. The van der Waals surface area contributed by atoms with Crippen LogP contribution in [0.2, 0.25) is 0 Å². The van der Waals surface area contributed by atoms with E-state index in [0.717, 1.165) is 29.7 Å². The number of hydrogen-bond acceptors (Lipinski definition) is 4. The number of carbonyl (C=O) groups is 1. The fourth-order valence-corrected chi connectivity index (χ4v) is 5.25. The van der Waals surface area contributed by atoms with Gasteiger partial charge in [-0.25, -0.2) is 13.1 Å². The van der Waals surface area contributed by atoms with Gasteiger partial charge < -0.3 is 5.32 Å². The first-order chi connectivity index (χ1) is 13.7. The molecule has 0 unspecified atom stereocenters. The van der Waals surface area contributed by atoms with Crippen LogP contribution in [0, 0.1) is 5.92 Å². The summed E-state index contributed by atoms with van der Waals surface area (Å²) in [6, 6.07) is 10.7. The van der Waals surface area contributed by atoms with Gasteiger partial charge in [-0.15, -0.1) is 11.8 Å². The summed E-state index contributed by atoms with van der Waals surface area (Å²) in [7, 11) is -3.74. The molecule has 0 saturated heterocycles. The number of hydrogen-bond donors (Lipinski definition) is 2. The maximum Gasteiger partial charge on any atom is 0.241 e. The molecule has 1 atom stereocenters. The maximum absolute atomic E-state index is 13.0. The second kappa shape index (κ2) is 8.90. The molecule has 29 heavy (non-hydrogen) atoms. The van der Waals surface area contributed by atoms with E-state index in [2.05, 4.69) is 22.2 Å². The monoisotopic (exact) mass is 432 g/mol. The van der Waals surface area contributed by atoms with Gasteiger partial charge in [-0.1, -0.05) is 32.0 Å². The Hall–Kier alpha value is -1.83. The standard InChI is InChI=1S/C22H28N2O3S2/c1-14(2)22(25)23-20-13-19(10-11-21(20)28-4)29(26,27)24-15(3)17-9-8-16-6-5-7-18(16)12-17/h8-15,24H,5-7H2,1-4H3,(H,23,25)/t15-/m1/s1. The van der Waals surface area contributed by atoms with E-state index in [0.29, 0.717) is 5.69 Å². The smallest absolute Gasteiger partial charge is 0.241 e. The lowest BCUT2D eigenvalue weighted by molar-refractivity contribution is -0.118. The lowest BCUT2D eigenvalue weighted by atomic mass is 10.0. The molecule has 1 amide bonds. The van der Waals surface area contributed by atoms with Crippen LogP contribution in [0.15, 0.2) is 46.2 Å². The summed E-state index contributed by atoms with van der Waals surface area (Å²) >= 11 is 1.46. The van der Waals surface area contributed by atoms with Gasteiger partial charge in [0.05, 0.1) is 10.6 Å². The Morgan fingerprint density at radius 2 is 1.76 bits per heavy atom. The van der Waals surface area contributed by atoms with Crippen LogP contribution in [0.25, 0.3) is 0 Å². The van der Waals surface area contributed by atoms with Crippen molar-refractivity contribution in [2.24, 2.45) is 5.92 Å². The van der Waals surface area contributed by atoms with Gasteiger partial charge >= 0.3 is 0 Å². The van der Waals surface area contributed by atoms with E-state index in [-0.39, 0.29) is 22.8 Å². The largest absolute Gasteiger partial charge is 0.325 e. The molecule has 1 aliphatic carbocycles. The van der Waals surface area contributed by atoms with Crippen molar-refractivity contribution in [1.82, 2.24) is 4.72 Å². The van der Waals surface area contributed by atoms with Gasteiger partial charge in [0.2, 0.25) is 15.9 Å². The lowest BCUT2D eigenvalue weighted by Crippen LogP contribution is -2.27. The van der Waals surface area contributed by atoms with Gasteiger partial charge in [-0.3, -0.25) is 4.79 Å². The second-order valence-corrected chi connectivity index (χ2v) is 10.3. The number of carbonyl (C=O) groups excluding carboxylic acids is 1. The fourth-order valence-electron chi connectivity index (χ4n) is 3.46. The summed E-state index contributed by atoms with van der Waals surface area (Å²) in [6.07, 6.45) is 5.20. The second-order valence-electron chi connectivity index (χ2n) is 7.73. The van der Waals surface area contributed by atoms with Gasteiger partial charge in [-0.2, -0.15) is 0 Å². The molecule has 0 aromatic heterocycles. The molecule has 0 bridgehead atoms. The molecule has 156 valence electrons. The van der Waals surface area contributed by atoms with Crippen LogP contribution in [0.4, 0.5) is 5.69 Å². The average Bonchev–Trinajstić information content (AvgIpc) is 3.15. The Morgan fingerprint density at radius 1 is 1.03 bits per heavy atom. The van der Waals surface area contributed by atoms with Crippen molar-refractivity contribution in [2.45, 2.75) is 55.9 Å². The van der Waals surface area contributed by atoms with Crippen LogP contribution >= 0.6 is 11.8 Å². The number of fused-ring (bicyclic) bond motifs is 1. The van der Waals surface area contributed by atoms with Crippen LogP contribution in [0.1, 0.15) is 49.9 Å². The molecule has 0 fully saturated rings. The number of rotatable bonds is 7. The van der Waals surface area contributed by atoms with E-state index in [1.165, 1.54) is 29.0 Å². The number of amides is 1. The van der Waals surface area contributed by atoms with Gasteiger partial charge in [0.1, 0.15) is 0 Å². The Morgan fingerprint density at radius 3 is 2.45 bits per heavy atom. The molecular formula is C22H28N2O3S2. The molecule has 2 aromatic carbocycles. The lowest BCUT2D eigenvalue weighted by Gasteiger charge is -2.17. The third-order valence-electron chi connectivity index (χ3n) is 5.22. The third-order valence-corrected chi connectivity index (χ3v) is 7.55. The Labute approximate surface area is 177 Å². The highest BCUT2D eigenvalue weighted by molar-refractivity contribution is 7.98. The first-order valence-corrected chi connectivity index (χ1v) is 12.5. The van der Waals surface area contributed by atoms with Crippen LogP contribution in [0.3, 0.4) is 0 Å². The topological polar surface area (TPSA) is 75.3 Å². The Balaban J connectivity index is 1.84. The highest BCUT2D eigenvalue weighted by Gasteiger charge is 2.22. The van der Waals surface area contributed by atoms with Crippen molar-refractivity contribution in [3.63, 3.8) is 0 Å². The first-order valence-electron chi connectivity index (χ1n) is 9.84. The molecule has 3 rings (SSSR count). The minimum atomic E-state index is -3.74. The van der Waals surface area contributed by atoms with E-state index in [1.54, 1.807) is 26.0 Å². The minimum absolute atomic E-state index is 0.141. The molecule has 0 aliphatic heterocycles. The molecule has 1 aliphatic rings. The van der Waals surface area contributed by atoms with Crippen molar-refractivity contribution < 1.29 is 13.2 Å². The zero-order valence-electron chi connectivity index (χ0n) is 17.3. The van der Waals surface area contributed by atoms with Crippen LogP contribution in [0.5, 0.6) is 0 Å². The zero-order chi connectivity index (χ0) is 21.2. The minimum Gasteiger partial charge on any atom is -0.325 e. The molecule has 0 saturated carbocycles. The molecule has 7 heteroatoms. The highest BCUT2D eigenvalue weighted by Crippen LogP contribution is 2.30. The van der Waals surface area contributed by atoms with Gasteiger partial charge in [0, 0.05) is 16.9 Å². The number of sulfonamides is 1. The number of benzene rings is 2. The zero-order valence-corrected chi connectivity index (χ0v) is 18.9. The molecule has 0 spiro atoms. The summed E-state index contributed by atoms with van der Waals surface area (Å²) in [5, 5.41) is 2.83. The Bertz CT molecular complexity index is 1020. The number of anilines is 1. The molecule has 5 nitrogen and oxygen atoms in total. The third kappa shape index (κ3) is 5.02. The van der Waals surface area contributed by atoms with Crippen molar-refractivity contribution in [3.05, 3.63) is 53.1 Å². The van der Waals surface area contributed by atoms with Crippen molar-refractivity contribution in [1.29, 1.82) is 0 Å². The molecule has 2 aromatic rings. The maximum atomic E-state index is 13.0. The van der Waals surface area contributed by atoms with Crippen LogP contribution in [-0.4, -0.2) is 20.6 Å². The van der Waals surface area contributed by atoms with E-state index >= 15 is 0 Å². The molecule has 0 heterocycles. The number of thioether (sulfide) groups is 1. The van der Waals surface area contributed by atoms with Gasteiger partial charge in [0.15, 0.2) is 0 Å². The van der Waals surface area contributed by atoms with E-state index < -0.39 is 10.0 Å². The summed E-state index contributed by atoms with van der Waals surface area (Å²) in [5.74, 6) is -0.336. The van der Waals surface area contributed by atoms with Gasteiger partial charge in [0.25, 0.3) is 0 Å². The van der Waals surface area contributed by atoms with Crippen molar-refractivity contribution in [3.8, 4) is 0 Å². The first kappa shape index (κ1) is 21.9. The summed E-state index contributed by atoms with van der Waals surface area (Å²) in [6.45, 7) is 5.45. The van der Waals surface area contributed by atoms with E-state index in [9.17, 15) is 13.2 Å². The highest BCUT2D eigenvalue weighted by atomic mass is 32.2. The van der Waals surface area contributed by atoms with Gasteiger partial charge in [-0.05, 0) is 67.3 Å². The predicted octanol–water partition coefficient (Wildman–Crippen LogP) is 4.53. The average molecular weight is 433 g/mol. The number of aryl methyl sites for hydroxylation is 2. The van der Waals surface area contributed by atoms with Crippen LogP contribution < -0.4 is 10.0 Å². The van der Waals surface area contributed by atoms with Crippen molar-refractivity contribution >= 4 is 33.4 Å². The summed E-state index contributed by atoms with van der Waals surface area (Å²) < 4.78 is 28.8. The summed E-state index contributed by atoms with van der Waals surface area (Å²) in [4.78, 5) is 13.1. The van der Waals surface area contributed by atoms with Crippen LogP contribution in [-0.2, 0) is 27.7 Å². The molecular weight excluding hydrogens is 404 g/mol.